The van der Waals surface area contributed by atoms with Gasteiger partial charge in [-0.25, -0.2) is 0 Å². The Kier molecular flexibility index (Phi) is 5.54. The first-order chi connectivity index (χ1) is 7.71. The highest BCUT2D eigenvalue weighted by atomic mass is 14.9. The van der Waals surface area contributed by atoms with Gasteiger partial charge in [-0.15, -0.1) is 0 Å². The molecule has 0 fully saturated rings. The van der Waals surface area contributed by atoms with Gasteiger partial charge in [0.05, 0.1) is 0 Å². The van der Waals surface area contributed by atoms with Crippen molar-refractivity contribution in [2.24, 2.45) is 0 Å². The van der Waals surface area contributed by atoms with Crippen LogP contribution in [0.3, 0.4) is 0 Å². The molecule has 1 nitrogen and oxygen atoms in total. The summed E-state index contributed by atoms with van der Waals surface area (Å²) in [4.78, 5) is 0. The van der Waals surface area contributed by atoms with E-state index in [1.165, 1.54) is 17.5 Å². The molecule has 0 radical (unpaired) electrons. The van der Waals surface area contributed by atoms with Gasteiger partial charge in [0, 0.05) is 12.1 Å². The van der Waals surface area contributed by atoms with Crippen molar-refractivity contribution >= 4 is 0 Å². The Morgan fingerprint density at radius 1 is 1.00 bits per heavy atom. The zero-order chi connectivity index (χ0) is 12.0. The van der Waals surface area contributed by atoms with Gasteiger partial charge in [0.25, 0.3) is 0 Å². The molecule has 2 atom stereocenters. The average molecular weight is 219 g/mol. The summed E-state index contributed by atoms with van der Waals surface area (Å²) in [5.74, 6) is 0. The Morgan fingerprint density at radius 3 is 2.06 bits per heavy atom. The summed E-state index contributed by atoms with van der Waals surface area (Å²) in [5.41, 5.74) is 2.84. The van der Waals surface area contributed by atoms with E-state index in [4.69, 9.17) is 0 Å². The van der Waals surface area contributed by atoms with Crippen molar-refractivity contribution < 1.29 is 0 Å². The molecule has 1 aromatic carbocycles. The van der Waals surface area contributed by atoms with E-state index in [1.54, 1.807) is 0 Å². The molecule has 1 rings (SSSR count). The zero-order valence-corrected chi connectivity index (χ0v) is 11.1. The molecule has 0 saturated heterocycles. The summed E-state index contributed by atoms with van der Waals surface area (Å²) in [5, 5.41) is 3.67. The molecule has 1 heteroatoms. The van der Waals surface area contributed by atoms with Gasteiger partial charge in [-0.1, -0.05) is 45.0 Å². The van der Waals surface area contributed by atoms with Gasteiger partial charge in [-0.2, -0.15) is 0 Å². The second kappa shape index (κ2) is 6.70. The third-order valence-corrected chi connectivity index (χ3v) is 3.30. The first-order valence-electron chi connectivity index (χ1n) is 6.56. The zero-order valence-electron chi connectivity index (χ0n) is 11.1. The van der Waals surface area contributed by atoms with Crippen molar-refractivity contribution in [1.29, 1.82) is 0 Å². The van der Waals surface area contributed by atoms with E-state index in [2.05, 4.69) is 57.3 Å². The molecule has 1 aromatic rings. The van der Waals surface area contributed by atoms with Crippen molar-refractivity contribution in [3.8, 4) is 0 Å². The molecule has 0 aromatic heterocycles. The van der Waals surface area contributed by atoms with Crippen LogP contribution in [-0.2, 0) is 6.42 Å². The van der Waals surface area contributed by atoms with E-state index in [1.807, 2.05) is 0 Å². The van der Waals surface area contributed by atoms with Crippen LogP contribution in [0.25, 0.3) is 0 Å². The number of nitrogens with one attached hydrogen (secondary N) is 1. The molecule has 1 N–H and O–H groups in total. The normalized spacial score (nSPS) is 14.8. The highest BCUT2D eigenvalue weighted by Gasteiger charge is 2.10. The molecule has 2 unspecified atom stereocenters. The second-order valence-corrected chi connectivity index (χ2v) is 4.53. The van der Waals surface area contributed by atoms with E-state index in [9.17, 15) is 0 Å². The van der Waals surface area contributed by atoms with Crippen molar-refractivity contribution in [3.05, 3.63) is 35.4 Å². The Labute approximate surface area is 100 Å². The highest BCUT2D eigenvalue weighted by Crippen LogP contribution is 2.18. The van der Waals surface area contributed by atoms with Crippen molar-refractivity contribution in [1.82, 2.24) is 5.32 Å². The van der Waals surface area contributed by atoms with Crippen molar-refractivity contribution in [2.75, 3.05) is 0 Å². The molecular weight excluding hydrogens is 194 g/mol. The van der Waals surface area contributed by atoms with Gasteiger partial charge < -0.3 is 5.32 Å². The molecular formula is C15H25N. The fraction of sp³-hybridized carbons (Fsp3) is 0.600. The van der Waals surface area contributed by atoms with Gasteiger partial charge in [-0.05, 0) is 37.3 Å². The minimum Gasteiger partial charge on any atom is -0.307 e. The largest absolute Gasteiger partial charge is 0.307 e. The summed E-state index contributed by atoms with van der Waals surface area (Å²) in [6, 6.07) is 10.1. The summed E-state index contributed by atoms with van der Waals surface area (Å²) >= 11 is 0. The summed E-state index contributed by atoms with van der Waals surface area (Å²) in [7, 11) is 0. The third kappa shape index (κ3) is 3.64. The van der Waals surface area contributed by atoms with E-state index in [0.29, 0.717) is 12.1 Å². The topological polar surface area (TPSA) is 12.0 Å². The smallest absolute Gasteiger partial charge is 0.0319 e. The van der Waals surface area contributed by atoms with Crippen LogP contribution in [0.15, 0.2) is 24.3 Å². The van der Waals surface area contributed by atoms with Gasteiger partial charge in [0.15, 0.2) is 0 Å². The molecule has 0 saturated carbocycles. The predicted molar refractivity (Wildman–Crippen MR) is 71.7 cm³/mol. The van der Waals surface area contributed by atoms with Gasteiger partial charge in [0.2, 0.25) is 0 Å². The second-order valence-electron chi connectivity index (χ2n) is 4.53. The monoisotopic (exact) mass is 219 g/mol. The maximum Gasteiger partial charge on any atom is 0.0319 e. The number of hydrogen-bond acceptors (Lipinski definition) is 1. The molecule has 0 bridgehead atoms. The Balaban J connectivity index is 2.70. The Bertz CT molecular complexity index is 289. The highest BCUT2D eigenvalue weighted by molar-refractivity contribution is 5.25. The van der Waals surface area contributed by atoms with E-state index in [-0.39, 0.29) is 0 Å². The van der Waals surface area contributed by atoms with Gasteiger partial charge in [0.1, 0.15) is 0 Å². The van der Waals surface area contributed by atoms with Crippen LogP contribution in [0.1, 0.15) is 57.7 Å². The SMILES string of the molecule is CCc1ccc(C(CC)NC(C)CC)cc1. The summed E-state index contributed by atoms with van der Waals surface area (Å²) in [6.45, 7) is 8.92. The molecule has 0 amide bonds. The van der Waals surface area contributed by atoms with Crippen LogP contribution in [0.2, 0.25) is 0 Å². The minimum atomic E-state index is 0.501. The molecule has 0 aliphatic heterocycles. The summed E-state index contributed by atoms with van der Waals surface area (Å²) in [6.07, 6.45) is 3.45. The average Bonchev–Trinajstić information content (AvgIpc) is 2.35. The minimum absolute atomic E-state index is 0.501. The van der Waals surface area contributed by atoms with Crippen LogP contribution in [0, 0.1) is 0 Å². The lowest BCUT2D eigenvalue weighted by Crippen LogP contribution is -2.29. The van der Waals surface area contributed by atoms with Crippen LogP contribution >= 0.6 is 0 Å². The molecule has 16 heavy (non-hydrogen) atoms. The standard InChI is InChI=1S/C15H25N/c1-5-12(4)16-15(7-3)14-10-8-13(6-2)9-11-14/h8-12,15-16H,5-7H2,1-4H3. The quantitative estimate of drug-likeness (QED) is 0.760. The fourth-order valence-corrected chi connectivity index (χ4v) is 1.90. The lowest BCUT2D eigenvalue weighted by molar-refractivity contribution is 0.437. The molecule has 0 aliphatic carbocycles. The van der Waals surface area contributed by atoms with Crippen LogP contribution in [-0.4, -0.2) is 6.04 Å². The molecule has 0 aliphatic rings. The lowest BCUT2D eigenvalue weighted by Gasteiger charge is -2.22. The van der Waals surface area contributed by atoms with Gasteiger partial charge >= 0.3 is 0 Å². The lowest BCUT2D eigenvalue weighted by atomic mass is 10.0. The van der Waals surface area contributed by atoms with Crippen molar-refractivity contribution in [3.63, 3.8) is 0 Å². The third-order valence-electron chi connectivity index (χ3n) is 3.30. The fourth-order valence-electron chi connectivity index (χ4n) is 1.90. The van der Waals surface area contributed by atoms with Crippen LogP contribution in [0.5, 0.6) is 0 Å². The maximum atomic E-state index is 3.67. The molecule has 90 valence electrons. The number of hydrogen-bond donors (Lipinski definition) is 1. The van der Waals surface area contributed by atoms with Gasteiger partial charge in [-0.3, -0.25) is 0 Å². The van der Waals surface area contributed by atoms with E-state index < -0.39 is 0 Å². The predicted octanol–water partition coefficient (Wildman–Crippen LogP) is 4.09. The molecule has 0 heterocycles. The first-order valence-corrected chi connectivity index (χ1v) is 6.56. The van der Waals surface area contributed by atoms with Crippen LogP contribution < -0.4 is 5.32 Å². The number of rotatable bonds is 6. The number of benzene rings is 1. The van der Waals surface area contributed by atoms with Crippen molar-refractivity contribution in [2.45, 2.75) is 59.0 Å². The maximum absolute atomic E-state index is 3.67. The Morgan fingerprint density at radius 2 is 1.62 bits per heavy atom. The van der Waals surface area contributed by atoms with E-state index in [0.717, 1.165) is 12.8 Å². The van der Waals surface area contributed by atoms with Crippen LogP contribution in [0.4, 0.5) is 0 Å². The Hall–Kier alpha value is -0.820. The molecule has 0 spiro atoms. The summed E-state index contributed by atoms with van der Waals surface area (Å²) < 4.78 is 0. The first kappa shape index (κ1) is 13.2. The number of aryl methyl sites for hydroxylation is 1. The van der Waals surface area contributed by atoms with E-state index >= 15 is 0 Å².